The van der Waals surface area contributed by atoms with Gasteiger partial charge >= 0.3 is 0 Å². The molecule has 2 aliphatic rings. The van der Waals surface area contributed by atoms with Gasteiger partial charge in [0, 0.05) is 29.4 Å². The molecule has 166 valence electrons. The summed E-state index contributed by atoms with van der Waals surface area (Å²) in [5.74, 6) is 0.426. The number of ether oxygens (including phenoxy) is 3. The predicted molar refractivity (Wildman–Crippen MR) is 116 cm³/mol. The quantitative estimate of drug-likeness (QED) is 0.487. The van der Waals surface area contributed by atoms with Crippen molar-refractivity contribution >= 4 is 0 Å². The van der Waals surface area contributed by atoms with Crippen molar-refractivity contribution in [2.24, 2.45) is 5.92 Å². The van der Waals surface area contributed by atoms with Gasteiger partial charge in [-0.05, 0) is 47.0 Å². The molecule has 0 amide bonds. The predicted octanol–water partition coefficient (Wildman–Crippen LogP) is 4.14. The molecule has 0 bridgehead atoms. The smallest absolute Gasteiger partial charge is 0.160 e. The zero-order chi connectivity index (χ0) is 22.6. The van der Waals surface area contributed by atoms with E-state index in [1.54, 1.807) is 36.4 Å². The Balaban J connectivity index is 1.65. The average molecular weight is 436 g/mol. The van der Waals surface area contributed by atoms with Crippen LogP contribution in [0.4, 0.5) is 0 Å². The van der Waals surface area contributed by atoms with Crippen molar-refractivity contribution in [2.75, 3.05) is 20.8 Å². The van der Waals surface area contributed by atoms with Crippen LogP contribution in [0, 0.1) is 5.92 Å². The average Bonchev–Trinajstić information content (AvgIpc) is 3.33. The lowest BCUT2D eigenvalue weighted by Crippen LogP contribution is -2.13. The van der Waals surface area contributed by atoms with Crippen molar-refractivity contribution < 1.29 is 34.6 Å². The number of rotatable bonds is 4. The number of aromatic hydroxyl groups is 4. The summed E-state index contributed by atoms with van der Waals surface area (Å²) in [6.45, 7) is 0.432. The maximum absolute atomic E-state index is 10.8. The van der Waals surface area contributed by atoms with E-state index in [4.69, 9.17) is 14.2 Å². The van der Waals surface area contributed by atoms with Crippen molar-refractivity contribution in [1.82, 2.24) is 0 Å². The maximum Gasteiger partial charge on any atom is 0.160 e. The van der Waals surface area contributed by atoms with Gasteiger partial charge in [0.25, 0.3) is 0 Å². The molecule has 1 aliphatic carbocycles. The summed E-state index contributed by atoms with van der Waals surface area (Å²) < 4.78 is 16.8. The third-order valence-corrected chi connectivity index (χ3v) is 6.62. The van der Waals surface area contributed by atoms with Crippen LogP contribution in [-0.2, 0) is 4.74 Å². The molecule has 4 N–H and O–H groups in total. The van der Waals surface area contributed by atoms with Crippen LogP contribution in [0.2, 0.25) is 0 Å². The fourth-order valence-corrected chi connectivity index (χ4v) is 5.29. The number of hydrogen-bond donors (Lipinski definition) is 4. The Morgan fingerprint density at radius 1 is 0.781 bits per heavy atom. The second-order valence-corrected chi connectivity index (χ2v) is 8.25. The molecule has 0 spiro atoms. The van der Waals surface area contributed by atoms with Gasteiger partial charge in [0.05, 0.1) is 26.9 Å². The lowest BCUT2D eigenvalue weighted by atomic mass is 9.81. The lowest BCUT2D eigenvalue weighted by molar-refractivity contribution is 0.0988. The molecular weight excluding hydrogens is 412 g/mol. The van der Waals surface area contributed by atoms with Crippen LogP contribution in [0.3, 0.4) is 0 Å². The molecule has 5 rings (SSSR count). The number of phenols is 4. The van der Waals surface area contributed by atoms with Crippen molar-refractivity contribution in [3.05, 3.63) is 70.8 Å². The first-order chi connectivity index (χ1) is 15.4. The van der Waals surface area contributed by atoms with Crippen LogP contribution >= 0.6 is 0 Å². The first-order valence-corrected chi connectivity index (χ1v) is 10.3. The monoisotopic (exact) mass is 436 g/mol. The molecule has 0 saturated carbocycles. The van der Waals surface area contributed by atoms with E-state index in [2.05, 4.69) is 0 Å². The zero-order valence-electron chi connectivity index (χ0n) is 17.6. The van der Waals surface area contributed by atoms with E-state index in [1.807, 2.05) is 6.07 Å². The van der Waals surface area contributed by atoms with Crippen molar-refractivity contribution in [3.8, 4) is 34.5 Å². The third-order valence-electron chi connectivity index (χ3n) is 6.62. The Kier molecular flexibility index (Phi) is 4.78. The SMILES string of the molecule is COc1cc([C@@H]2c3c(O)cc(O)cc3[C@@H]3[C@@H]2CO[C@H]3c2ccc(O)c(OC)c2)ccc1O. The standard InChI is InChI=1S/C25H24O7/c1-30-20-7-12(3-5-17(20)27)22-16-11-32-25(13-4-6-18(28)21(8-13)31-2)23(16)15-9-14(26)10-19(29)24(15)22/h3-10,16,22-23,25-29H,11H2,1-2H3/t16-,22+,23-,25+/m1/s1. The van der Waals surface area contributed by atoms with E-state index in [0.29, 0.717) is 18.1 Å². The first kappa shape index (κ1) is 20.3. The number of methoxy groups -OCH3 is 2. The summed E-state index contributed by atoms with van der Waals surface area (Å²) in [5.41, 5.74) is 3.27. The minimum absolute atomic E-state index is 0.0159. The van der Waals surface area contributed by atoms with Gasteiger partial charge in [-0.3, -0.25) is 0 Å². The largest absolute Gasteiger partial charge is 0.508 e. The number of phenolic OH excluding ortho intramolecular Hbond substituents is 4. The van der Waals surface area contributed by atoms with E-state index in [9.17, 15) is 20.4 Å². The van der Waals surface area contributed by atoms with Gasteiger partial charge in [0.2, 0.25) is 0 Å². The highest BCUT2D eigenvalue weighted by Gasteiger charge is 2.51. The van der Waals surface area contributed by atoms with Gasteiger partial charge in [-0.15, -0.1) is 0 Å². The molecule has 1 saturated heterocycles. The van der Waals surface area contributed by atoms with E-state index in [-0.39, 0.29) is 46.9 Å². The highest BCUT2D eigenvalue weighted by Crippen LogP contribution is 2.62. The van der Waals surface area contributed by atoms with Crippen LogP contribution in [-0.4, -0.2) is 41.3 Å². The van der Waals surface area contributed by atoms with E-state index < -0.39 is 0 Å². The molecule has 0 radical (unpaired) electrons. The minimum atomic E-state index is -0.349. The molecule has 0 unspecified atom stereocenters. The highest BCUT2D eigenvalue weighted by atomic mass is 16.5. The van der Waals surface area contributed by atoms with Crippen LogP contribution in [0.5, 0.6) is 34.5 Å². The summed E-state index contributed by atoms with van der Waals surface area (Å²) in [6.07, 6.45) is -0.349. The molecule has 7 heteroatoms. The first-order valence-electron chi connectivity index (χ1n) is 10.3. The molecule has 7 nitrogen and oxygen atoms in total. The molecule has 0 aromatic heterocycles. The summed E-state index contributed by atoms with van der Waals surface area (Å²) in [6, 6.07) is 13.3. The Morgan fingerprint density at radius 3 is 2.06 bits per heavy atom. The van der Waals surface area contributed by atoms with Gasteiger partial charge in [-0.1, -0.05) is 12.1 Å². The molecule has 32 heavy (non-hydrogen) atoms. The second kappa shape index (κ2) is 7.53. The number of fused-ring (bicyclic) bond motifs is 3. The van der Waals surface area contributed by atoms with Crippen LogP contribution in [0.25, 0.3) is 0 Å². The number of benzene rings is 3. The minimum Gasteiger partial charge on any atom is -0.508 e. The Hall–Kier alpha value is -3.58. The Bertz CT molecular complexity index is 1190. The molecule has 3 aromatic carbocycles. The van der Waals surface area contributed by atoms with Gasteiger partial charge < -0.3 is 34.6 Å². The molecule has 4 atom stereocenters. The van der Waals surface area contributed by atoms with Gasteiger partial charge in [0.15, 0.2) is 23.0 Å². The normalized spacial score (nSPS) is 23.6. The summed E-state index contributed by atoms with van der Waals surface area (Å²) in [5, 5.41) is 41.1. The lowest BCUT2D eigenvalue weighted by Gasteiger charge is -2.21. The maximum atomic E-state index is 10.8. The van der Waals surface area contributed by atoms with Crippen LogP contribution in [0.15, 0.2) is 48.5 Å². The fourth-order valence-electron chi connectivity index (χ4n) is 5.29. The molecule has 1 heterocycles. The highest BCUT2D eigenvalue weighted by molar-refractivity contribution is 5.59. The molecule has 1 aliphatic heterocycles. The fraction of sp³-hybridized carbons (Fsp3) is 0.280. The third kappa shape index (κ3) is 3.00. The van der Waals surface area contributed by atoms with Gasteiger partial charge in [-0.25, -0.2) is 0 Å². The molecular formula is C25H24O7. The topological polar surface area (TPSA) is 109 Å². The Morgan fingerprint density at radius 2 is 1.41 bits per heavy atom. The van der Waals surface area contributed by atoms with Gasteiger partial charge in [-0.2, -0.15) is 0 Å². The van der Waals surface area contributed by atoms with Crippen LogP contribution in [0.1, 0.15) is 40.2 Å². The molecule has 1 fully saturated rings. The Labute approximate surface area is 185 Å². The number of hydrogen-bond acceptors (Lipinski definition) is 7. The van der Waals surface area contributed by atoms with Gasteiger partial charge in [0.1, 0.15) is 11.5 Å². The molecule has 3 aromatic rings. The second-order valence-electron chi connectivity index (χ2n) is 8.25. The van der Waals surface area contributed by atoms with Crippen molar-refractivity contribution in [3.63, 3.8) is 0 Å². The zero-order valence-corrected chi connectivity index (χ0v) is 17.6. The van der Waals surface area contributed by atoms with Crippen molar-refractivity contribution in [1.29, 1.82) is 0 Å². The van der Waals surface area contributed by atoms with Crippen molar-refractivity contribution in [2.45, 2.75) is 17.9 Å². The summed E-state index contributed by atoms with van der Waals surface area (Å²) >= 11 is 0. The van der Waals surface area contributed by atoms with E-state index >= 15 is 0 Å². The van der Waals surface area contributed by atoms with E-state index in [0.717, 1.165) is 22.3 Å². The van der Waals surface area contributed by atoms with E-state index in [1.165, 1.54) is 20.3 Å². The summed E-state index contributed by atoms with van der Waals surface area (Å²) in [4.78, 5) is 0. The van der Waals surface area contributed by atoms with Crippen LogP contribution < -0.4 is 9.47 Å². The summed E-state index contributed by atoms with van der Waals surface area (Å²) in [7, 11) is 2.99.